The first-order valence-corrected chi connectivity index (χ1v) is 6.85. The molecule has 1 fully saturated rings. The second-order valence-electron chi connectivity index (χ2n) is 5.54. The van der Waals surface area contributed by atoms with Crippen LogP contribution in [0.15, 0.2) is 18.2 Å². The van der Waals surface area contributed by atoms with Crippen LogP contribution in [-0.2, 0) is 6.42 Å². The van der Waals surface area contributed by atoms with E-state index in [9.17, 15) is 9.50 Å². The average molecular weight is 250 g/mol. The summed E-state index contributed by atoms with van der Waals surface area (Å²) in [4.78, 5) is 0. The summed E-state index contributed by atoms with van der Waals surface area (Å²) in [5.74, 6) is 0.963. The van der Waals surface area contributed by atoms with E-state index in [0.29, 0.717) is 5.92 Å². The Morgan fingerprint density at radius 1 is 1.28 bits per heavy atom. The molecule has 18 heavy (non-hydrogen) atoms. The van der Waals surface area contributed by atoms with Gasteiger partial charge in [-0.1, -0.05) is 12.8 Å². The summed E-state index contributed by atoms with van der Waals surface area (Å²) < 4.78 is 18.9. The average Bonchev–Trinajstić information content (AvgIpc) is 2.73. The molecule has 0 amide bonds. The lowest BCUT2D eigenvalue weighted by molar-refractivity contribution is 0.0442. The SMILES string of the molecule is OC1CCCCC1CC1Cc2cc(F)ccc2O1. The van der Waals surface area contributed by atoms with Crippen molar-refractivity contribution in [1.82, 2.24) is 0 Å². The molecule has 3 rings (SSSR count). The van der Waals surface area contributed by atoms with Gasteiger partial charge in [0.25, 0.3) is 0 Å². The van der Waals surface area contributed by atoms with Crippen LogP contribution in [0.5, 0.6) is 5.75 Å². The molecule has 1 heterocycles. The zero-order valence-electron chi connectivity index (χ0n) is 10.4. The number of hydrogen-bond acceptors (Lipinski definition) is 2. The van der Waals surface area contributed by atoms with Crippen molar-refractivity contribution < 1.29 is 14.2 Å². The highest BCUT2D eigenvalue weighted by molar-refractivity contribution is 5.37. The predicted molar refractivity (Wildman–Crippen MR) is 67.1 cm³/mol. The molecule has 2 nitrogen and oxygen atoms in total. The third kappa shape index (κ3) is 2.37. The quantitative estimate of drug-likeness (QED) is 0.874. The zero-order valence-corrected chi connectivity index (χ0v) is 10.4. The number of halogens is 1. The van der Waals surface area contributed by atoms with Gasteiger partial charge in [-0.2, -0.15) is 0 Å². The van der Waals surface area contributed by atoms with Crippen LogP contribution in [0.1, 0.15) is 37.7 Å². The minimum atomic E-state index is -0.198. The Balaban J connectivity index is 1.63. The Kier molecular flexibility index (Phi) is 3.25. The van der Waals surface area contributed by atoms with Gasteiger partial charge in [-0.15, -0.1) is 0 Å². The Morgan fingerprint density at radius 3 is 2.94 bits per heavy atom. The van der Waals surface area contributed by atoms with Gasteiger partial charge >= 0.3 is 0 Å². The molecular formula is C15H19FO2. The molecule has 0 spiro atoms. The van der Waals surface area contributed by atoms with Crippen molar-refractivity contribution in [2.75, 3.05) is 0 Å². The monoisotopic (exact) mass is 250 g/mol. The molecule has 98 valence electrons. The van der Waals surface area contributed by atoms with E-state index in [0.717, 1.165) is 43.4 Å². The molecule has 0 bridgehead atoms. The first kappa shape index (κ1) is 12.0. The van der Waals surface area contributed by atoms with Crippen LogP contribution in [0.3, 0.4) is 0 Å². The Hall–Kier alpha value is -1.09. The molecular weight excluding hydrogens is 231 g/mol. The molecule has 0 radical (unpaired) electrons. The Morgan fingerprint density at radius 2 is 2.11 bits per heavy atom. The topological polar surface area (TPSA) is 29.5 Å². The summed E-state index contributed by atoms with van der Waals surface area (Å²) in [6.07, 6.45) is 5.94. The summed E-state index contributed by atoms with van der Waals surface area (Å²) in [6.45, 7) is 0. The molecule has 1 aromatic carbocycles. The van der Waals surface area contributed by atoms with Gasteiger partial charge in [0.15, 0.2) is 0 Å². The van der Waals surface area contributed by atoms with E-state index in [1.165, 1.54) is 12.5 Å². The zero-order chi connectivity index (χ0) is 12.5. The summed E-state index contributed by atoms with van der Waals surface area (Å²) in [7, 11) is 0. The molecule has 1 N–H and O–H groups in total. The molecule has 0 saturated heterocycles. The third-order valence-corrected chi connectivity index (χ3v) is 4.20. The molecule has 1 aliphatic carbocycles. The predicted octanol–water partition coefficient (Wildman–Crippen LogP) is 3.07. The Bertz CT molecular complexity index is 433. The van der Waals surface area contributed by atoms with Crippen LogP contribution in [0.2, 0.25) is 0 Å². The largest absolute Gasteiger partial charge is 0.490 e. The number of ether oxygens (including phenoxy) is 1. The molecule has 1 saturated carbocycles. The summed E-state index contributed by atoms with van der Waals surface area (Å²) in [5.41, 5.74) is 0.963. The van der Waals surface area contributed by atoms with Crippen LogP contribution in [0.4, 0.5) is 4.39 Å². The fourth-order valence-electron chi connectivity index (χ4n) is 3.22. The van der Waals surface area contributed by atoms with Crippen molar-refractivity contribution in [1.29, 1.82) is 0 Å². The number of fused-ring (bicyclic) bond motifs is 1. The second kappa shape index (κ2) is 4.88. The molecule has 3 heteroatoms. The van der Waals surface area contributed by atoms with Crippen molar-refractivity contribution in [3.8, 4) is 5.75 Å². The normalized spacial score (nSPS) is 30.9. The lowest BCUT2D eigenvalue weighted by atomic mass is 9.82. The highest BCUT2D eigenvalue weighted by atomic mass is 19.1. The highest BCUT2D eigenvalue weighted by Gasteiger charge is 2.30. The van der Waals surface area contributed by atoms with Crippen LogP contribution in [0, 0.1) is 11.7 Å². The van der Waals surface area contributed by atoms with Gasteiger partial charge in [0.05, 0.1) is 6.10 Å². The van der Waals surface area contributed by atoms with Gasteiger partial charge in [-0.05, 0) is 43.4 Å². The first-order chi connectivity index (χ1) is 8.72. The minimum Gasteiger partial charge on any atom is -0.490 e. The van der Waals surface area contributed by atoms with Crippen molar-refractivity contribution in [2.45, 2.75) is 50.7 Å². The van der Waals surface area contributed by atoms with E-state index >= 15 is 0 Å². The van der Waals surface area contributed by atoms with E-state index in [4.69, 9.17) is 4.74 Å². The number of hydrogen-bond donors (Lipinski definition) is 1. The van der Waals surface area contributed by atoms with Crippen molar-refractivity contribution >= 4 is 0 Å². The van der Waals surface area contributed by atoms with Crippen LogP contribution >= 0.6 is 0 Å². The summed E-state index contributed by atoms with van der Waals surface area (Å²) >= 11 is 0. The van der Waals surface area contributed by atoms with Gasteiger partial charge in [-0.3, -0.25) is 0 Å². The van der Waals surface area contributed by atoms with Crippen molar-refractivity contribution in [3.05, 3.63) is 29.6 Å². The summed E-state index contributed by atoms with van der Waals surface area (Å²) in [6, 6.07) is 4.71. The maximum Gasteiger partial charge on any atom is 0.123 e. The Labute approximate surface area is 107 Å². The molecule has 3 unspecified atom stereocenters. The number of aliphatic hydroxyl groups excluding tert-OH is 1. The van der Waals surface area contributed by atoms with Crippen molar-refractivity contribution in [2.24, 2.45) is 5.92 Å². The third-order valence-electron chi connectivity index (χ3n) is 4.20. The van der Waals surface area contributed by atoms with Gasteiger partial charge in [0.2, 0.25) is 0 Å². The van der Waals surface area contributed by atoms with Gasteiger partial charge < -0.3 is 9.84 Å². The lowest BCUT2D eigenvalue weighted by Crippen LogP contribution is -2.29. The second-order valence-corrected chi connectivity index (χ2v) is 5.54. The van der Waals surface area contributed by atoms with E-state index in [1.807, 2.05) is 0 Å². The highest BCUT2D eigenvalue weighted by Crippen LogP contribution is 2.35. The fraction of sp³-hybridized carbons (Fsp3) is 0.600. The molecule has 0 aromatic heterocycles. The maximum atomic E-state index is 13.1. The smallest absolute Gasteiger partial charge is 0.123 e. The van der Waals surface area contributed by atoms with Gasteiger partial charge in [0, 0.05) is 12.0 Å². The van der Waals surface area contributed by atoms with E-state index < -0.39 is 0 Å². The minimum absolute atomic E-state index is 0.111. The number of aliphatic hydroxyl groups is 1. The van der Waals surface area contributed by atoms with Crippen LogP contribution in [0.25, 0.3) is 0 Å². The fourth-order valence-corrected chi connectivity index (χ4v) is 3.22. The number of rotatable bonds is 2. The van der Waals surface area contributed by atoms with Crippen molar-refractivity contribution in [3.63, 3.8) is 0 Å². The standard InChI is InChI=1S/C15H19FO2/c16-12-5-6-15-11(7-12)9-13(18-15)8-10-3-1-2-4-14(10)17/h5-7,10,13-14,17H,1-4,8-9H2. The lowest BCUT2D eigenvalue weighted by Gasteiger charge is -2.29. The van der Waals surface area contributed by atoms with Crippen LogP contribution in [-0.4, -0.2) is 17.3 Å². The molecule has 2 aliphatic rings. The molecule has 3 atom stereocenters. The molecule has 1 aliphatic heterocycles. The molecule has 1 aromatic rings. The van der Waals surface area contributed by atoms with Crippen LogP contribution < -0.4 is 4.74 Å². The van der Waals surface area contributed by atoms with E-state index in [-0.39, 0.29) is 18.0 Å². The first-order valence-electron chi connectivity index (χ1n) is 6.85. The maximum absolute atomic E-state index is 13.1. The van der Waals surface area contributed by atoms with E-state index in [2.05, 4.69) is 0 Å². The van der Waals surface area contributed by atoms with E-state index in [1.54, 1.807) is 12.1 Å². The summed E-state index contributed by atoms with van der Waals surface area (Å²) in [5, 5.41) is 9.97. The number of benzene rings is 1. The van der Waals surface area contributed by atoms with Gasteiger partial charge in [-0.25, -0.2) is 4.39 Å². The van der Waals surface area contributed by atoms with Gasteiger partial charge in [0.1, 0.15) is 17.7 Å².